The van der Waals surface area contributed by atoms with Gasteiger partial charge in [-0.1, -0.05) is 115 Å². The van der Waals surface area contributed by atoms with Crippen molar-refractivity contribution in [1.29, 1.82) is 0 Å². The molecule has 0 unspecified atom stereocenters. The predicted octanol–water partition coefficient (Wildman–Crippen LogP) is 10.6. The molecule has 0 saturated heterocycles. The highest BCUT2D eigenvalue weighted by atomic mass is 16.3. The molecule has 0 spiro atoms. The summed E-state index contributed by atoms with van der Waals surface area (Å²) >= 11 is 0. The molecule has 0 aliphatic carbocycles. The first-order valence-corrected chi connectivity index (χ1v) is 13.7. The Bertz CT molecular complexity index is 2410. The van der Waals surface area contributed by atoms with E-state index in [1.54, 1.807) is 0 Å². The van der Waals surface area contributed by atoms with E-state index < -0.39 is 0 Å². The zero-order valence-corrected chi connectivity index (χ0v) is 21.6. The smallest absolute Gasteiger partial charge is 0.137 e. The van der Waals surface area contributed by atoms with Gasteiger partial charge in [0.15, 0.2) is 0 Å². The Labute approximate surface area is 230 Å². The second-order valence-electron chi connectivity index (χ2n) is 10.5. The van der Waals surface area contributed by atoms with Gasteiger partial charge in [0.2, 0.25) is 0 Å². The van der Waals surface area contributed by atoms with Crippen LogP contribution in [0.3, 0.4) is 0 Å². The Morgan fingerprint density at radius 1 is 0.450 bits per heavy atom. The SMILES string of the molecule is c1ccc(-c2cc(-c3ccccc3)n3c4cc5oc6ccccc6c5cc4c4ccc5ccccc5c4c23)cc1. The standard InChI is InChI=1S/C38H23NO/c1-3-11-24(12-4-1)30-22-33(26-14-5-2-6-15-26)39-34-23-36-32(28-17-9-10-18-35(28)40-36)21-31(34)29-20-19-25-13-7-8-16-27(25)37(29)38(30)39/h1-23H. The fourth-order valence-corrected chi connectivity index (χ4v) is 6.58. The minimum Gasteiger partial charge on any atom is -0.456 e. The van der Waals surface area contributed by atoms with Crippen LogP contribution in [0.4, 0.5) is 0 Å². The molecule has 2 nitrogen and oxygen atoms in total. The van der Waals surface area contributed by atoms with Crippen molar-refractivity contribution in [3.05, 3.63) is 140 Å². The van der Waals surface area contributed by atoms with E-state index in [4.69, 9.17) is 4.42 Å². The Balaban J connectivity index is 1.60. The molecule has 0 aliphatic rings. The molecule has 9 aromatic rings. The molecule has 3 heterocycles. The van der Waals surface area contributed by atoms with E-state index in [2.05, 4.69) is 138 Å². The minimum absolute atomic E-state index is 0.907. The van der Waals surface area contributed by atoms with E-state index in [1.807, 2.05) is 6.07 Å². The third kappa shape index (κ3) is 2.93. The van der Waals surface area contributed by atoms with Crippen molar-refractivity contribution < 1.29 is 4.42 Å². The van der Waals surface area contributed by atoms with Crippen molar-refractivity contribution in [1.82, 2.24) is 4.40 Å². The monoisotopic (exact) mass is 509 g/mol. The van der Waals surface area contributed by atoms with Gasteiger partial charge in [-0.3, -0.25) is 0 Å². The number of furan rings is 1. The molecule has 0 radical (unpaired) electrons. The molecule has 0 bridgehead atoms. The van der Waals surface area contributed by atoms with Gasteiger partial charge in [-0.05, 0) is 45.5 Å². The van der Waals surface area contributed by atoms with E-state index in [-0.39, 0.29) is 0 Å². The highest BCUT2D eigenvalue weighted by molar-refractivity contribution is 6.27. The first kappa shape index (κ1) is 21.6. The van der Waals surface area contributed by atoms with Gasteiger partial charge in [0.05, 0.1) is 16.7 Å². The molecule has 9 rings (SSSR count). The number of benzene rings is 6. The molecule has 0 fully saturated rings. The van der Waals surface area contributed by atoms with Gasteiger partial charge in [0.25, 0.3) is 0 Å². The summed E-state index contributed by atoms with van der Waals surface area (Å²) in [5, 5.41) is 8.55. The van der Waals surface area contributed by atoms with Gasteiger partial charge < -0.3 is 8.82 Å². The van der Waals surface area contributed by atoms with Crippen molar-refractivity contribution in [2.75, 3.05) is 0 Å². The Morgan fingerprint density at radius 3 is 1.98 bits per heavy atom. The van der Waals surface area contributed by atoms with Crippen LogP contribution in [0.1, 0.15) is 0 Å². The second kappa shape index (κ2) is 8.08. The summed E-state index contributed by atoms with van der Waals surface area (Å²) in [5.74, 6) is 0. The summed E-state index contributed by atoms with van der Waals surface area (Å²) in [5.41, 5.74) is 8.98. The van der Waals surface area contributed by atoms with E-state index in [0.717, 1.165) is 27.5 Å². The van der Waals surface area contributed by atoms with E-state index in [0.29, 0.717) is 0 Å². The Kier molecular flexibility index (Phi) is 4.36. The highest BCUT2D eigenvalue weighted by Crippen LogP contribution is 2.45. The maximum Gasteiger partial charge on any atom is 0.137 e. The highest BCUT2D eigenvalue weighted by Gasteiger charge is 2.21. The summed E-state index contributed by atoms with van der Waals surface area (Å²) in [6.45, 7) is 0. The fourth-order valence-electron chi connectivity index (χ4n) is 6.58. The average Bonchev–Trinajstić information content (AvgIpc) is 3.60. The average molecular weight is 510 g/mol. The third-order valence-electron chi connectivity index (χ3n) is 8.35. The van der Waals surface area contributed by atoms with Crippen molar-refractivity contribution in [2.24, 2.45) is 0 Å². The van der Waals surface area contributed by atoms with Gasteiger partial charge >= 0.3 is 0 Å². The summed E-state index contributed by atoms with van der Waals surface area (Å²) < 4.78 is 8.88. The summed E-state index contributed by atoms with van der Waals surface area (Å²) in [6.07, 6.45) is 0. The molecule has 0 aliphatic heterocycles. The van der Waals surface area contributed by atoms with Crippen molar-refractivity contribution >= 4 is 59.9 Å². The topological polar surface area (TPSA) is 17.6 Å². The lowest BCUT2D eigenvalue weighted by atomic mass is 9.95. The number of pyridine rings is 1. The second-order valence-corrected chi connectivity index (χ2v) is 10.5. The quantitative estimate of drug-likeness (QED) is 0.212. The molecule has 6 aromatic carbocycles. The normalized spacial score (nSPS) is 12.0. The molecule has 0 atom stereocenters. The van der Waals surface area contributed by atoms with Crippen LogP contribution in [-0.2, 0) is 0 Å². The van der Waals surface area contributed by atoms with Gasteiger partial charge in [-0.2, -0.15) is 0 Å². The number of fused-ring (bicyclic) bond motifs is 11. The Hall–Kier alpha value is -5.34. The number of rotatable bonds is 2. The summed E-state index contributed by atoms with van der Waals surface area (Å²) in [4.78, 5) is 0. The first-order valence-electron chi connectivity index (χ1n) is 13.7. The molecule has 2 heteroatoms. The number of hydrogen-bond donors (Lipinski definition) is 0. The summed E-state index contributed by atoms with van der Waals surface area (Å²) in [6, 6.07) is 50.1. The third-order valence-corrected chi connectivity index (χ3v) is 8.35. The van der Waals surface area contributed by atoms with Crippen molar-refractivity contribution in [2.45, 2.75) is 0 Å². The van der Waals surface area contributed by atoms with Crippen LogP contribution >= 0.6 is 0 Å². The van der Waals surface area contributed by atoms with Crippen LogP contribution < -0.4 is 0 Å². The number of hydrogen-bond acceptors (Lipinski definition) is 1. The van der Waals surface area contributed by atoms with Gasteiger partial charge in [-0.15, -0.1) is 0 Å². The molecule has 0 amide bonds. The molecule has 186 valence electrons. The van der Waals surface area contributed by atoms with Crippen molar-refractivity contribution in [3.63, 3.8) is 0 Å². The molecule has 40 heavy (non-hydrogen) atoms. The molecule has 3 aromatic heterocycles. The molecular weight excluding hydrogens is 486 g/mol. The number of para-hydroxylation sites is 1. The van der Waals surface area contributed by atoms with Gasteiger partial charge in [0, 0.05) is 33.2 Å². The van der Waals surface area contributed by atoms with E-state index in [9.17, 15) is 0 Å². The molecule has 0 saturated carbocycles. The van der Waals surface area contributed by atoms with Gasteiger partial charge in [0.1, 0.15) is 11.2 Å². The predicted molar refractivity (Wildman–Crippen MR) is 168 cm³/mol. The van der Waals surface area contributed by atoms with E-state index in [1.165, 1.54) is 54.8 Å². The van der Waals surface area contributed by atoms with Crippen LogP contribution in [0, 0.1) is 0 Å². The Morgan fingerprint density at radius 2 is 1.15 bits per heavy atom. The fraction of sp³-hybridized carbons (Fsp3) is 0. The van der Waals surface area contributed by atoms with E-state index >= 15 is 0 Å². The molecule has 0 N–H and O–H groups in total. The first-order chi connectivity index (χ1) is 19.8. The van der Waals surface area contributed by atoms with Crippen LogP contribution in [0.15, 0.2) is 144 Å². The van der Waals surface area contributed by atoms with Crippen LogP contribution in [0.5, 0.6) is 0 Å². The lowest BCUT2D eigenvalue weighted by Gasteiger charge is -2.15. The van der Waals surface area contributed by atoms with Crippen LogP contribution in [-0.4, -0.2) is 4.40 Å². The maximum atomic E-state index is 6.42. The lowest BCUT2D eigenvalue weighted by Crippen LogP contribution is -1.95. The summed E-state index contributed by atoms with van der Waals surface area (Å²) in [7, 11) is 0. The van der Waals surface area contributed by atoms with Crippen LogP contribution in [0.2, 0.25) is 0 Å². The van der Waals surface area contributed by atoms with Crippen molar-refractivity contribution in [3.8, 4) is 22.4 Å². The lowest BCUT2D eigenvalue weighted by molar-refractivity contribution is 0.669. The number of nitrogens with zero attached hydrogens (tertiary/aromatic N) is 1. The zero-order valence-electron chi connectivity index (χ0n) is 21.6. The minimum atomic E-state index is 0.907. The molecular formula is C38H23NO. The zero-order chi connectivity index (χ0) is 26.2. The van der Waals surface area contributed by atoms with Crippen LogP contribution in [0.25, 0.3) is 82.3 Å². The largest absolute Gasteiger partial charge is 0.456 e. The van der Waals surface area contributed by atoms with Gasteiger partial charge in [-0.25, -0.2) is 0 Å². The maximum absolute atomic E-state index is 6.42. The number of aromatic nitrogens is 1.